The van der Waals surface area contributed by atoms with Crippen molar-refractivity contribution >= 4 is 28.8 Å². The molecule has 2 amide bonds. The van der Waals surface area contributed by atoms with E-state index in [1.807, 2.05) is 0 Å². The maximum absolute atomic E-state index is 11.9. The highest BCUT2D eigenvalue weighted by molar-refractivity contribution is 6.31. The number of pyridine rings is 1. The molecule has 0 fully saturated rings. The molecule has 1 aromatic heterocycles. The predicted molar refractivity (Wildman–Crippen MR) is 79.4 cm³/mol. The van der Waals surface area contributed by atoms with E-state index in [0.717, 1.165) is 0 Å². The molecule has 1 aromatic carbocycles. The van der Waals surface area contributed by atoms with Crippen LogP contribution in [0.4, 0.5) is 11.4 Å². The largest absolute Gasteiger partial charge is 0.366 e. The number of nitrogens with two attached hydrogens (primary N) is 1. The van der Waals surface area contributed by atoms with Gasteiger partial charge in [0, 0.05) is 23.6 Å². The second kappa shape index (κ2) is 5.09. The highest BCUT2D eigenvalue weighted by Crippen LogP contribution is 2.29. The van der Waals surface area contributed by atoms with E-state index in [0.29, 0.717) is 28.2 Å². The van der Waals surface area contributed by atoms with Gasteiger partial charge < -0.3 is 16.4 Å². The number of hydrogen-bond donors (Lipinski definition) is 3. The third kappa shape index (κ3) is 2.46. The van der Waals surface area contributed by atoms with Crippen molar-refractivity contribution in [1.29, 1.82) is 0 Å². The third-order valence-electron chi connectivity index (χ3n) is 3.09. The molecule has 3 rings (SSSR count). The van der Waals surface area contributed by atoms with Crippen LogP contribution in [0.2, 0.25) is 0 Å². The molecule has 1 aliphatic heterocycles. The van der Waals surface area contributed by atoms with Crippen molar-refractivity contribution in [3.8, 4) is 0 Å². The molecule has 6 heteroatoms. The highest BCUT2D eigenvalue weighted by Gasteiger charge is 2.24. The quantitative estimate of drug-likeness (QED) is 0.744. The van der Waals surface area contributed by atoms with Crippen molar-refractivity contribution in [2.45, 2.75) is 0 Å². The summed E-state index contributed by atoms with van der Waals surface area (Å²) >= 11 is 0. The number of carbonyl (C=O) groups excluding carboxylic acids is 2. The van der Waals surface area contributed by atoms with Gasteiger partial charge in [-0.15, -0.1) is 0 Å². The monoisotopic (exact) mass is 280 g/mol. The van der Waals surface area contributed by atoms with Gasteiger partial charge in [-0.05, 0) is 30.3 Å². The van der Waals surface area contributed by atoms with Crippen LogP contribution in [-0.2, 0) is 4.79 Å². The van der Waals surface area contributed by atoms with Crippen LogP contribution in [0.3, 0.4) is 0 Å². The van der Waals surface area contributed by atoms with E-state index >= 15 is 0 Å². The number of nitrogens with one attached hydrogen (secondary N) is 2. The van der Waals surface area contributed by atoms with Crippen LogP contribution >= 0.6 is 0 Å². The Morgan fingerprint density at radius 1 is 1.29 bits per heavy atom. The first-order chi connectivity index (χ1) is 10.1. The lowest BCUT2D eigenvalue weighted by molar-refractivity contribution is -0.110. The second-order valence-electron chi connectivity index (χ2n) is 4.50. The maximum Gasteiger partial charge on any atom is 0.259 e. The molecular formula is C15H12N4O2. The summed E-state index contributed by atoms with van der Waals surface area (Å²) < 4.78 is 0. The minimum atomic E-state index is -0.503. The minimum absolute atomic E-state index is 0.220. The first-order valence-electron chi connectivity index (χ1n) is 6.28. The summed E-state index contributed by atoms with van der Waals surface area (Å²) in [5.41, 5.74) is 8.01. The zero-order valence-electron chi connectivity index (χ0n) is 11.0. The smallest absolute Gasteiger partial charge is 0.259 e. The number of nitrogens with zero attached hydrogens (tertiary/aromatic N) is 1. The van der Waals surface area contributed by atoms with E-state index in [2.05, 4.69) is 15.6 Å². The summed E-state index contributed by atoms with van der Waals surface area (Å²) in [5.74, 6) is -0.723. The lowest BCUT2D eigenvalue weighted by atomic mass is 10.2. The Hall–Kier alpha value is -3.15. The number of fused-ring (bicyclic) bond motifs is 1. The average molecular weight is 280 g/mol. The van der Waals surface area contributed by atoms with E-state index in [-0.39, 0.29) is 5.91 Å². The molecule has 0 saturated carbocycles. The molecule has 21 heavy (non-hydrogen) atoms. The topological polar surface area (TPSA) is 97.1 Å². The van der Waals surface area contributed by atoms with Crippen molar-refractivity contribution < 1.29 is 9.59 Å². The molecule has 104 valence electrons. The second-order valence-corrected chi connectivity index (χ2v) is 4.50. The van der Waals surface area contributed by atoms with Gasteiger partial charge in [-0.1, -0.05) is 6.07 Å². The zero-order chi connectivity index (χ0) is 14.8. The van der Waals surface area contributed by atoms with Crippen molar-refractivity contribution in [3.05, 3.63) is 60.1 Å². The number of hydrogen-bond acceptors (Lipinski definition) is 4. The summed E-state index contributed by atoms with van der Waals surface area (Å²) in [6.45, 7) is 0. The van der Waals surface area contributed by atoms with Gasteiger partial charge in [0.2, 0.25) is 5.91 Å². The van der Waals surface area contributed by atoms with Crippen molar-refractivity contribution in [2.75, 3.05) is 10.6 Å². The molecule has 0 spiro atoms. The summed E-state index contributed by atoms with van der Waals surface area (Å²) in [7, 11) is 0. The molecule has 0 atom stereocenters. The van der Waals surface area contributed by atoms with Crippen LogP contribution in [0, 0.1) is 0 Å². The average Bonchev–Trinajstić information content (AvgIpc) is 2.81. The molecule has 0 saturated heterocycles. The van der Waals surface area contributed by atoms with E-state index in [4.69, 9.17) is 5.73 Å². The Labute approximate surface area is 120 Å². The Kier molecular flexibility index (Phi) is 3.12. The number of amides is 2. The lowest BCUT2D eigenvalue weighted by Crippen LogP contribution is -2.11. The van der Waals surface area contributed by atoms with Gasteiger partial charge in [0.25, 0.3) is 5.91 Å². The zero-order valence-corrected chi connectivity index (χ0v) is 11.0. The van der Waals surface area contributed by atoms with Gasteiger partial charge in [0.1, 0.15) is 5.69 Å². The summed E-state index contributed by atoms with van der Waals surface area (Å²) in [6.07, 6.45) is 3.19. The third-order valence-corrected chi connectivity index (χ3v) is 3.09. The maximum atomic E-state index is 11.9. The highest BCUT2D eigenvalue weighted by atomic mass is 16.2. The van der Waals surface area contributed by atoms with Gasteiger partial charge in [-0.2, -0.15) is 0 Å². The predicted octanol–water partition coefficient (Wildman–Crippen LogP) is 1.59. The first kappa shape index (κ1) is 12.9. The summed E-state index contributed by atoms with van der Waals surface area (Å²) in [5, 5.41) is 5.71. The molecule has 2 aromatic rings. The van der Waals surface area contributed by atoms with Crippen LogP contribution in [0.15, 0.2) is 48.8 Å². The Morgan fingerprint density at radius 2 is 2.14 bits per heavy atom. The van der Waals surface area contributed by atoms with Crippen LogP contribution in [0.1, 0.15) is 16.1 Å². The first-order valence-corrected chi connectivity index (χ1v) is 6.28. The molecular weight excluding hydrogens is 268 g/mol. The van der Waals surface area contributed by atoms with Crippen molar-refractivity contribution in [3.63, 3.8) is 0 Å². The number of carbonyl (C=O) groups is 2. The molecule has 0 aliphatic carbocycles. The number of primary amides is 1. The van der Waals surface area contributed by atoms with E-state index < -0.39 is 5.91 Å². The van der Waals surface area contributed by atoms with Gasteiger partial charge in [-0.3, -0.25) is 14.6 Å². The summed E-state index contributed by atoms with van der Waals surface area (Å²) in [6, 6.07) is 10.3. The number of rotatable bonds is 3. The fraction of sp³-hybridized carbons (Fsp3) is 0. The molecule has 4 N–H and O–H groups in total. The van der Waals surface area contributed by atoms with E-state index in [1.54, 1.807) is 48.8 Å². The fourth-order valence-corrected chi connectivity index (χ4v) is 2.07. The molecule has 1 aliphatic rings. The number of aromatic nitrogens is 1. The number of anilines is 2. The van der Waals surface area contributed by atoms with Crippen molar-refractivity contribution in [2.24, 2.45) is 5.73 Å². The number of benzene rings is 1. The Bertz CT molecular complexity index is 768. The normalized spacial score (nSPS) is 14.7. The van der Waals surface area contributed by atoms with E-state index in [1.165, 1.54) is 0 Å². The van der Waals surface area contributed by atoms with Gasteiger partial charge in [0.15, 0.2) is 0 Å². The van der Waals surface area contributed by atoms with Crippen LogP contribution in [0.5, 0.6) is 0 Å². The van der Waals surface area contributed by atoms with Gasteiger partial charge >= 0.3 is 0 Å². The molecule has 6 nitrogen and oxygen atoms in total. The van der Waals surface area contributed by atoms with E-state index in [9.17, 15) is 9.59 Å². The molecule has 0 bridgehead atoms. The molecule has 0 radical (unpaired) electrons. The summed E-state index contributed by atoms with van der Waals surface area (Å²) in [4.78, 5) is 27.2. The van der Waals surface area contributed by atoms with Crippen LogP contribution < -0.4 is 16.4 Å². The SMILES string of the molecule is NC(=O)c1cccc(N/C=C2\C(=O)Nc3cccnc32)c1. The molecule has 0 unspecified atom stereocenters. The minimum Gasteiger partial charge on any atom is -0.366 e. The molecule has 2 heterocycles. The Balaban J connectivity index is 1.88. The van der Waals surface area contributed by atoms with Gasteiger partial charge in [0.05, 0.1) is 11.3 Å². The lowest BCUT2D eigenvalue weighted by Gasteiger charge is -2.03. The van der Waals surface area contributed by atoms with Crippen LogP contribution in [-0.4, -0.2) is 16.8 Å². The fourth-order valence-electron chi connectivity index (χ4n) is 2.07. The van der Waals surface area contributed by atoms with Gasteiger partial charge in [-0.25, -0.2) is 0 Å². The van der Waals surface area contributed by atoms with Crippen molar-refractivity contribution in [1.82, 2.24) is 4.98 Å². The standard InChI is InChI=1S/C15H12N4O2/c16-14(20)9-3-1-4-10(7-9)18-8-11-13-12(19-15(11)21)5-2-6-17-13/h1-8,18H,(H2,16,20)(H,19,21)/b11-8-. The van der Waals surface area contributed by atoms with Crippen LogP contribution in [0.25, 0.3) is 5.57 Å². The Morgan fingerprint density at radius 3 is 2.95 bits per heavy atom.